The summed E-state index contributed by atoms with van der Waals surface area (Å²) in [4.78, 5) is 0. The average molecular weight is 391 g/mol. The Labute approximate surface area is 138 Å². The van der Waals surface area contributed by atoms with Crippen LogP contribution >= 0.6 is 22.6 Å². The second kappa shape index (κ2) is 8.05. The summed E-state index contributed by atoms with van der Waals surface area (Å²) in [5, 5.41) is 11.9. The molecule has 0 spiro atoms. The van der Waals surface area contributed by atoms with E-state index in [-0.39, 0.29) is 6.61 Å². The number of aliphatic hydroxyl groups is 1. The molecule has 0 fully saturated rings. The number of rotatable bonds is 6. The third-order valence-electron chi connectivity index (χ3n) is 2.92. The summed E-state index contributed by atoms with van der Waals surface area (Å²) in [5.41, 5.74) is 3.32. The van der Waals surface area contributed by atoms with Crippen molar-refractivity contribution in [3.05, 3.63) is 57.2 Å². The molecule has 4 heteroatoms. The van der Waals surface area contributed by atoms with Crippen LogP contribution in [0.2, 0.25) is 0 Å². The van der Waals surface area contributed by atoms with Gasteiger partial charge in [0.25, 0.3) is 0 Å². The van der Waals surface area contributed by atoms with Gasteiger partial charge in [0.2, 0.25) is 0 Å². The molecule has 0 heterocycles. The molecule has 0 unspecified atom stereocenters. The zero-order chi connectivity index (χ0) is 15.1. The van der Waals surface area contributed by atoms with Gasteiger partial charge in [-0.3, -0.25) is 0 Å². The van der Waals surface area contributed by atoms with E-state index in [1.807, 2.05) is 31.3 Å². The predicted octanol–water partition coefficient (Wildman–Crippen LogP) is 3.87. The maximum Gasteiger partial charge on any atom is 0.121 e. The van der Waals surface area contributed by atoms with Gasteiger partial charge in [0.15, 0.2) is 0 Å². The Morgan fingerprint density at radius 2 is 1.81 bits per heavy atom. The molecule has 2 aromatic rings. The first-order valence-corrected chi connectivity index (χ1v) is 7.79. The summed E-state index contributed by atoms with van der Waals surface area (Å²) in [7, 11) is 1.91. The van der Waals surface area contributed by atoms with Crippen molar-refractivity contribution in [2.75, 3.05) is 25.6 Å². The van der Waals surface area contributed by atoms with Crippen molar-refractivity contribution >= 4 is 40.4 Å². The first-order chi connectivity index (χ1) is 10.2. The molecule has 0 aliphatic carbocycles. The summed E-state index contributed by atoms with van der Waals surface area (Å²) >= 11 is 2.26. The Bertz CT molecular complexity index is 609. The third kappa shape index (κ3) is 5.06. The van der Waals surface area contributed by atoms with E-state index < -0.39 is 0 Å². The Morgan fingerprint density at radius 3 is 2.48 bits per heavy atom. The lowest BCUT2D eigenvalue weighted by molar-refractivity contribution is 0.201. The van der Waals surface area contributed by atoms with E-state index in [1.165, 1.54) is 0 Å². The zero-order valence-corrected chi connectivity index (χ0v) is 14.0. The van der Waals surface area contributed by atoms with Crippen molar-refractivity contribution in [2.45, 2.75) is 0 Å². The number of hydrogen-bond donors (Lipinski definition) is 2. The van der Waals surface area contributed by atoms with Gasteiger partial charge in [-0.2, -0.15) is 0 Å². The van der Waals surface area contributed by atoms with Gasteiger partial charge < -0.3 is 15.2 Å². The van der Waals surface area contributed by atoms with Crippen LogP contribution in [-0.4, -0.2) is 25.4 Å². The fraction of sp³-hybridized carbons (Fsp3) is 0.176. The lowest BCUT2D eigenvalue weighted by Crippen LogP contribution is -2.01. The normalized spacial score (nSPS) is 10.8. The quantitative estimate of drug-likeness (QED) is 0.580. The molecule has 0 saturated carbocycles. The van der Waals surface area contributed by atoms with Gasteiger partial charge in [0.05, 0.1) is 6.61 Å². The predicted molar refractivity (Wildman–Crippen MR) is 96.7 cm³/mol. The number of halogens is 1. The molecule has 0 bridgehead atoms. The number of aliphatic hydroxyl groups excluding tert-OH is 1. The summed E-state index contributed by atoms with van der Waals surface area (Å²) in [6.07, 6.45) is 4.13. The molecule has 110 valence electrons. The number of ether oxygens (including phenoxy) is 1. The van der Waals surface area contributed by atoms with E-state index in [4.69, 9.17) is 9.84 Å². The highest BCUT2D eigenvalue weighted by molar-refractivity contribution is 14.1. The lowest BCUT2D eigenvalue weighted by Gasteiger charge is -2.06. The molecule has 0 saturated heterocycles. The van der Waals surface area contributed by atoms with Crippen molar-refractivity contribution in [1.82, 2.24) is 0 Å². The first-order valence-electron chi connectivity index (χ1n) is 6.71. The van der Waals surface area contributed by atoms with E-state index in [0.29, 0.717) is 6.61 Å². The van der Waals surface area contributed by atoms with E-state index in [1.54, 1.807) is 0 Å². The smallest absolute Gasteiger partial charge is 0.121 e. The minimum atomic E-state index is 0.0223. The highest BCUT2D eigenvalue weighted by Gasteiger charge is 1.98. The van der Waals surface area contributed by atoms with E-state index in [0.717, 1.165) is 26.1 Å². The highest BCUT2D eigenvalue weighted by atomic mass is 123. The number of benzene rings is 2. The van der Waals surface area contributed by atoms with Gasteiger partial charge in [-0.05, 0) is 64.0 Å². The van der Waals surface area contributed by atoms with Gasteiger partial charge in [0, 0.05) is 16.3 Å². The van der Waals surface area contributed by atoms with Crippen LogP contribution in [0.5, 0.6) is 5.75 Å². The number of anilines is 1. The molecular weight excluding hydrogens is 373 g/mol. The highest BCUT2D eigenvalue weighted by Crippen LogP contribution is 2.21. The molecule has 21 heavy (non-hydrogen) atoms. The summed E-state index contributed by atoms with van der Waals surface area (Å²) in [6, 6.07) is 14.2. The van der Waals surface area contributed by atoms with Crippen molar-refractivity contribution in [1.29, 1.82) is 0 Å². The fourth-order valence-electron chi connectivity index (χ4n) is 1.88. The minimum absolute atomic E-state index is 0.0223. The standard InChI is InChI=1S/C17H18INO2/c1-19-16-6-4-13(5-7-16)2-3-14-10-15(18)12-17(11-14)21-9-8-20/h2-7,10-12,19-20H,8-9H2,1H3/b3-2+/i18-4. The summed E-state index contributed by atoms with van der Waals surface area (Å²) < 4.78 is 6.57. The minimum Gasteiger partial charge on any atom is -0.491 e. The Hall–Kier alpha value is -1.53. The van der Waals surface area contributed by atoms with E-state index in [9.17, 15) is 0 Å². The fourth-order valence-corrected chi connectivity index (χ4v) is 2.55. The summed E-state index contributed by atoms with van der Waals surface area (Å²) in [6.45, 7) is 0.336. The van der Waals surface area contributed by atoms with Crippen LogP contribution in [0.25, 0.3) is 12.2 Å². The monoisotopic (exact) mass is 391 g/mol. The van der Waals surface area contributed by atoms with E-state index in [2.05, 4.69) is 58.3 Å². The van der Waals surface area contributed by atoms with Gasteiger partial charge in [-0.15, -0.1) is 0 Å². The number of hydrogen-bond acceptors (Lipinski definition) is 3. The number of nitrogens with one attached hydrogen (secondary N) is 1. The van der Waals surface area contributed by atoms with E-state index >= 15 is 0 Å². The van der Waals surface area contributed by atoms with Crippen molar-refractivity contribution in [2.24, 2.45) is 0 Å². The van der Waals surface area contributed by atoms with Gasteiger partial charge in [0.1, 0.15) is 12.4 Å². The van der Waals surface area contributed by atoms with Crippen LogP contribution in [0.3, 0.4) is 0 Å². The molecule has 0 aromatic heterocycles. The van der Waals surface area contributed by atoms with Crippen LogP contribution in [-0.2, 0) is 0 Å². The topological polar surface area (TPSA) is 41.5 Å². The average Bonchev–Trinajstić information content (AvgIpc) is 2.51. The summed E-state index contributed by atoms with van der Waals surface area (Å²) in [5.74, 6) is 0.779. The second-order valence-electron chi connectivity index (χ2n) is 4.50. The maximum absolute atomic E-state index is 8.81. The SMILES string of the molecule is CNc1ccc(/C=C/c2cc([123I])cc(OCCO)c2)cc1. The molecule has 0 aliphatic heterocycles. The van der Waals surface area contributed by atoms with Crippen molar-refractivity contribution < 1.29 is 9.84 Å². The second-order valence-corrected chi connectivity index (χ2v) is 5.74. The molecule has 3 nitrogen and oxygen atoms in total. The van der Waals surface area contributed by atoms with Crippen LogP contribution in [0.15, 0.2) is 42.5 Å². The maximum atomic E-state index is 8.81. The first kappa shape index (κ1) is 15.9. The van der Waals surface area contributed by atoms with Gasteiger partial charge in [-0.25, -0.2) is 0 Å². The third-order valence-corrected chi connectivity index (χ3v) is 3.54. The molecule has 2 rings (SSSR count). The molecule has 0 aliphatic rings. The zero-order valence-electron chi connectivity index (χ0n) is 11.8. The largest absolute Gasteiger partial charge is 0.491 e. The van der Waals surface area contributed by atoms with Crippen LogP contribution < -0.4 is 10.1 Å². The molecule has 0 amide bonds. The van der Waals surface area contributed by atoms with Crippen LogP contribution in [0.4, 0.5) is 5.69 Å². The molecule has 2 N–H and O–H groups in total. The molecule has 0 atom stereocenters. The van der Waals surface area contributed by atoms with Gasteiger partial charge in [-0.1, -0.05) is 24.3 Å². The van der Waals surface area contributed by atoms with Crippen LogP contribution in [0, 0.1) is 3.57 Å². The molecule has 2 aromatic carbocycles. The Kier molecular flexibility index (Phi) is 6.07. The van der Waals surface area contributed by atoms with Gasteiger partial charge >= 0.3 is 0 Å². The lowest BCUT2D eigenvalue weighted by atomic mass is 10.1. The van der Waals surface area contributed by atoms with Crippen molar-refractivity contribution in [3.63, 3.8) is 0 Å². The Balaban J connectivity index is 2.13. The Morgan fingerprint density at radius 1 is 1.10 bits per heavy atom. The van der Waals surface area contributed by atoms with Crippen LogP contribution in [0.1, 0.15) is 11.1 Å². The molecular formula is C17H18INO2. The molecule has 0 radical (unpaired) electrons. The van der Waals surface area contributed by atoms with Crippen molar-refractivity contribution in [3.8, 4) is 5.75 Å².